The Bertz CT molecular complexity index is 673. The Morgan fingerprint density at radius 1 is 1.33 bits per heavy atom. The Morgan fingerprint density at radius 3 is 2.33 bits per heavy atom. The Kier molecular flexibility index (Phi) is 5.56. The average molecular weight is 313 g/mol. The van der Waals surface area contributed by atoms with Crippen LogP contribution in [0.15, 0.2) is 50.8 Å². The van der Waals surface area contributed by atoms with Crippen LogP contribution < -0.4 is 5.14 Å². The number of ether oxygens (including phenoxy) is 1. The van der Waals surface area contributed by atoms with E-state index in [0.29, 0.717) is 0 Å². The molecule has 0 radical (unpaired) electrons. The summed E-state index contributed by atoms with van der Waals surface area (Å²) in [6, 6.07) is 5.23. The van der Waals surface area contributed by atoms with Crippen molar-refractivity contribution in [2.45, 2.75) is 18.7 Å². The fraction of sp³-hybridized carbons (Fsp3) is 0.250. The molecule has 0 atom stereocenters. The van der Waals surface area contributed by atoms with Gasteiger partial charge in [-0.15, -0.1) is 5.11 Å². The summed E-state index contributed by atoms with van der Waals surface area (Å²) in [6.07, 6.45) is 0. The van der Waals surface area contributed by atoms with Crippen molar-refractivity contribution in [2.24, 2.45) is 15.4 Å². The molecule has 0 spiro atoms. The largest absolute Gasteiger partial charge is 0.510 e. The number of benzene rings is 1. The minimum absolute atomic E-state index is 0.0686. The van der Waals surface area contributed by atoms with E-state index in [9.17, 15) is 18.3 Å². The Balaban J connectivity index is 2.98. The molecule has 0 fully saturated rings. The van der Waals surface area contributed by atoms with Gasteiger partial charge in [0.1, 0.15) is 5.76 Å². The maximum Gasteiger partial charge on any atom is 0.362 e. The summed E-state index contributed by atoms with van der Waals surface area (Å²) >= 11 is 0. The van der Waals surface area contributed by atoms with Gasteiger partial charge in [-0.25, -0.2) is 18.4 Å². The molecule has 0 bridgehead atoms. The number of hydrogen-bond donors (Lipinski definition) is 2. The van der Waals surface area contributed by atoms with Gasteiger partial charge in [-0.3, -0.25) is 0 Å². The van der Waals surface area contributed by atoms with Crippen LogP contribution in [0.3, 0.4) is 0 Å². The van der Waals surface area contributed by atoms with Gasteiger partial charge in [0.25, 0.3) is 0 Å². The molecule has 0 aromatic heterocycles. The van der Waals surface area contributed by atoms with Crippen molar-refractivity contribution < 1.29 is 23.1 Å². The van der Waals surface area contributed by atoms with Crippen LogP contribution in [0.5, 0.6) is 0 Å². The zero-order valence-electron chi connectivity index (χ0n) is 11.5. The van der Waals surface area contributed by atoms with Crippen molar-refractivity contribution in [3.05, 3.63) is 35.7 Å². The van der Waals surface area contributed by atoms with Gasteiger partial charge in [-0.05, 0) is 38.1 Å². The average Bonchev–Trinajstić information content (AvgIpc) is 2.38. The van der Waals surface area contributed by atoms with E-state index in [2.05, 4.69) is 10.2 Å². The number of aliphatic hydroxyl groups is 1. The Morgan fingerprint density at radius 2 is 1.90 bits per heavy atom. The maximum atomic E-state index is 11.5. The fourth-order valence-electron chi connectivity index (χ4n) is 1.27. The van der Waals surface area contributed by atoms with Crippen molar-refractivity contribution in [2.75, 3.05) is 6.61 Å². The summed E-state index contributed by atoms with van der Waals surface area (Å²) in [7, 11) is -3.78. The van der Waals surface area contributed by atoms with E-state index >= 15 is 0 Å². The van der Waals surface area contributed by atoms with Crippen LogP contribution in [-0.2, 0) is 19.6 Å². The number of rotatable bonds is 5. The first-order valence-electron chi connectivity index (χ1n) is 5.87. The third-order valence-electron chi connectivity index (χ3n) is 2.24. The van der Waals surface area contributed by atoms with Crippen molar-refractivity contribution >= 4 is 21.7 Å². The highest BCUT2D eigenvalue weighted by molar-refractivity contribution is 7.89. The van der Waals surface area contributed by atoms with E-state index in [-0.39, 0.29) is 28.6 Å². The lowest BCUT2D eigenvalue weighted by Gasteiger charge is -2.02. The SMILES string of the molecule is CCOC(=O)/C(N=Nc1ccc(S(N)(=O)=O)cc1)=C(/C)O. The highest BCUT2D eigenvalue weighted by Crippen LogP contribution is 2.18. The smallest absolute Gasteiger partial charge is 0.362 e. The van der Waals surface area contributed by atoms with Crippen molar-refractivity contribution in [1.82, 2.24) is 0 Å². The number of aliphatic hydroxyl groups excluding tert-OH is 1. The number of nitrogens with zero attached hydrogens (tertiary/aromatic N) is 2. The van der Waals surface area contributed by atoms with Gasteiger partial charge in [0.05, 0.1) is 17.2 Å². The molecule has 0 unspecified atom stereocenters. The molecule has 0 aliphatic heterocycles. The molecule has 1 aromatic carbocycles. The fourth-order valence-corrected chi connectivity index (χ4v) is 1.79. The van der Waals surface area contributed by atoms with Crippen LogP contribution in [0.1, 0.15) is 13.8 Å². The van der Waals surface area contributed by atoms with Crippen molar-refractivity contribution in [1.29, 1.82) is 0 Å². The molecule has 114 valence electrons. The van der Waals surface area contributed by atoms with E-state index in [1.807, 2.05) is 0 Å². The lowest BCUT2D eigenvalue weighted by Crippen LogP contribution is -2.11. The molecule has 8 nitrogen and oxygen atoms in total. The van der Waals surface area contributed by atoms with Crippen LogP contribution in [0, 0.1) is 0 Å². The van der Waals surface area contributed by atoms with E-state index < -0.39 is 16.0 Å². The van der Waals surface area contributed by atoms with E-state index in [1.165, 1.54) is 31.2 Å². The summed E-state index contributed by atoms with van der Waals surface area (Å²) in [5, 5.41) is 21.7. The number of primary sulfonamides is 1. The summed E-state index contributed by atoms with van der Waals surface area (Å²) < 4.78 is 26.9. The summed E-state index contributed by atoms with van der Waals surface area (Å²) in [4.78, 5) is 11.4. The van der Waals surface area contributed by atoms with Crippen LogP contribution in [0.25, 0.3) is 0 Å². The minimum atomic E-state index is -3.78. The highest BCUT2D eigenvalue weighted by atomic mass is 32.2. The van der Waals surface area contributed by atoms with Crippen molar-refractivity contribution in [3.8, 4) is 0 Å². The third kappa shape index (κ3) is 4.97. The standard InChI is InChI=1S/C12H15N3O5S/c1-3-20-12(17)11(8(2)16)15-14-9-4-6-10(7-5-9)21(13,18)19/h4-7,16H,3H2,1-2H3,(H2,13,18,19)/b11-8+,15-14?. The topological polar surface area (TPSA) is 131 Å². The zero-order chi connectivity index (χ0) is 16.0. The van der Waals surface area contributed by atoms with Gasteiger partial charge in [0, 0.05) is 0 Å². The first-order chi connectivity index (χ1) is 9.75. The molecule has 0 heterocycles. The quantitative estimate of drug-likeness (QED) is 0.370. The third-order valence-corrected chi connectivity index (χ3v) is 3.17. The molecule has 0 aliphatic carbocycles. The van der Waals surface area contributed by atoms with Gasteiger partial charge in [-0.2, -0.15) is 5.11 Å². The second-order valence-corrected chi connectivity index (χ2v) is 5.45. The molecule has 21 heavy (non-hydrogen) atoms. The minimum Gasteiger partial charge on any atom is -0.510 e. The monoisotopic (exact) mass is 313 g/mol. The number of nitrogens with two attached hydrogens (primary N) is 1. The van der Waals surface area contributed by atoms with Gasteiger partial charge in [0.2, 0.25) is 15.7 Å². The molecule has 3 N–H and O–H groups in total. The number of esters is 1. The molecule has 9 heteroatoms. The molecule has 0 saturated heterocycles. The number of hydrogen-bond acceptors (Lipinski definition) is 7. The van der Waals surface area contributed by atoms with Crippen molar-refractivity contribution in [3.63, 3.8) is 0 Å². The lowest BCUT2D eigenvalue weighted by atomic mass is 10.3. The molecule has 0 amide bonds. The number of azo groups is 1. The van der Waals surface area contributed by atoms with Crippen LogP contribution in [0.4, 0.5) is 5.69 Å². The molecule has 1 rings (SSSR count). The van der Waals surface area contributed by atoms with Gasteiger partial charge in [-0.1, -0.05) is 0 Å². The summed E-state index contributed by atoms with van der Waals surface area (Å²) in [5.41, 5.74) is -0.0437. The van der Waals surface area contributed by atoms with Crippen LogP contribution in [0.2, 0.25) is 0 Å². The van der Waals surface area contributed by atoms with E-state index in [0.717, 1.165) is 0 Å². The van der Waals surface area contributed by atoms with Gasteiger partial charge >= 0.3 is 5.97 Å². The number of allylic oxidation sites excluding steroid dienone is 1. The molecular weight excluding hydrogens is 298 g/mol. The number of sulfonamides is 1. The van der Waals surface area contributed by atoms with Gasteiger partial charge in [0.15, 0.2) is 0 Å². The molecular formula is C12H15N3O5S. The van der Waals surface area contributed by atoms with E-state index in [1.54, 1.807) is 6.92 Å². The molecule has 0 saturated carbocycles. The van der Waals surface area contributed by atoms with Crippen LogP contribution in [-0.4, -0.2) is 26.1 Å². The lowest BCUT2D eigenvalue weighted by molar-refractivity contribution is -0.138. The predicted octanol–water partition coefficient (Wildman–Crippen LogP) is 1.77. The molecule has 1 aromatic rings. The number of carbonyl (C=O) groups excluding carboxylic acids is 1. The zero-order valence-corrected chi connectivity index (χ0v) is 12.3. The number of carbonyl (C=O) groups is 1. The highest BCUT2D eigenvalue weighted by Gasteiger charge is 2.14. The van der Waals surface area contributed by atoms with Crippen LogP contribution >= 0.6 is 0 Å². The maximum absolute atomic E-state index is 11.5. The molecule has 0 aliphatic rings. The predicted molar refractivity (Wildman–Crippen MR) is 74.3 cm³/mol. The first-order valence-corrected chi connectivity index (χ1v) is 7.42. The first kappa shape index (κ1) is 16.8. The Hall–Kier alpha value is -2.26. The van der Waals surface area contributed by atoms with Gasteiger partial charge < -0.3 is 9.84 Å². The Labute approximate surface area is 122 Å². The van der Waals surface area contributed by atoms with E-state index in [4.69, 9.17) is 9.88 Å². The second-order valence-electron chi connectivity index (χ2n) is 3.89. The second kappa shape index (κ2) is 6.95. The summed E-state index contributed by atoms with van der Waals surface area (Å²) in [5.74, 6) is -1.14. The summed E-state index contributed by atoms with van der Waals surface area (Å²) in [6.45, 7) is 3.02. The normalized spacial score (nSPS) is 13.1.